The minimum atomic E-state index is -4.19. The van der Waals surface area contributed by atoms with Gasteiger partial charge in [-0.25, -0.2) is 12.8 Å². The van der Waals surface area contributed by atoms with E-state index >= 15 is 0 Å². The highest BCUT2D eigenvalue weighted by Gasteiger charge is 2.27. The van der Waals surface area contributed by atoms with Crippen molar-refractivity contribution >= 4 is 15.7 Å². The zero-order chi connectivity index (χ0) is 15.3. The summed E-state index contributed by atoms with van der Waals surface area (Å²) in [7, 11) is -4.19. The second-order valence-electron chi connectivity index (χ2n) is 4.00. The summed E-state index contributed by atoms with van der Waals surface area (Å²) >= 11 is 0. The molecule has 0 aromatic heterocycles. The smallest absolute Gasteiger partial charge is 0.258 e. The van der Waals surface area contributed by atoms with Crippen LogP contribution in [0.1, 0.15) is 19.8 Å². The van der Waals surface area contributed by atoms with Gasteiger partial charge in [0.1, 0.15) is 5.82 Å². The molecule has 0 aliphatic heterocycles. The normalized spacial score (nSPS) is 12.7. The third kappa shape index (κ3) is 3.76. The molecular weight excluding hydrogens is 287 g/mol. The van der Waals surface area contributed by atoms with E-state index in [1.807, 2.05) is 6.92 Å². The molecule has 0 saturated carbocycles. The lowest BCUT2D eigenvalue weighted by Crippen LogP contribution is -2.34. The highest BCUT2D eigenvalue weighted by Crippen LogP contribution is 2.24. The van der Waals surface area contributed by atoms with Gasteiger partial charge < -0.3 is 0 Å². The van der Waals surface area contributed by atoms with Gasteiger partial charge in [0.05, 0.1) is 17.0 Å². The molecular formula is C12H13FN2O4S. The minimum Gasteiger partial charge on any atom is -0.258 e. The highest BCUT2D eigenvalue weighted by molar-refractivity contribution is 7.89. The standard InChI is InChI=1S/C12H13FN2O4S/c1-3-5-10(4-2)14-20(18,19)12-7-6-9(13)8-11(12)15(16)17/h2,6-8,10,14H,3,5H2,1H3. The summed E-state index contributed by atoms with van der Waals surface area (Å²) in [6.07, 6.45) is 6.23. The lowest BCUT2D eigenvalue weighted by Gasteiger charge is -2.12. The van der Waals surface area contributed by atoms with Crippen LogP contribution in [0.3, 0.4) is 0 Å². The average Bonchev–Trinajstić information content (AvgIpc) is 2.37. The molecule has 0 heterocycles. The number of nitrogens with zero attached hydrogens (tertiary/aromatic N) is 1. The number of nitrogens with one attached hydrogen (secondary N) is 1. The molecule has 0 aliphatic rings. The van der Waals surface area contributed by atoms with Crippen LogP contribution in [0.15, 0.2) is 23.1 Å². The van der Waals surface area contributed by atoms with Crippen molar-refractivity contribution in [3.05, 3.63) is 34.1 Å². The molecule has 20 heavy (non-hydrogen) atoms. The Morgan fingerprint density at radius 2 is 2.20 bits per heavy atom. The molecule has 0 amide bonds. The number of halogens is 1. The van der Waals surface area contributed by atoms with Gasteiger partial charge in [0.15, 0.2) is 4.90 Å². The van der Waals surface area contributed by atoms with E-state index in [-0.39, 0.29) is 0 Å². The fourth-order valence-electron chi connectivity index (χ4n) is 1.58. The Hall–Kier alpha value is -1.98. The van der Waals surface area contributed by atoms with E-state index in [4.69, 9.17) is 6.42 Å². The maximum absolute atomic E-state index is 13.0. The van der Waals surface area contributed by atoms with Crippen molar-refractivity contribution in [1.29, 1.82) is 0 Å². The lowest BCUT2D eigenvalue weighted by molar-refractivity contribution is -0.388. The number of nitro benzene ring substituents is 1. The first-order valence-electron chi connectivity index (χ1n) is 5.74. The first-order chi connectivity index (χ1) is 9.31. The molecule has 0 spiro atoms. The number of rotatable bonds is 6. The quantitative estimate of drug-likeness (QED) is 0.493. The van der Waals surface area contributed by atoms with Gasteiger partial charge >= 0.3 is 0 Å². The summed E-state index contributed by atoms with van der Waals surface area (Å²) in [5, 5.41) is 10.8. The van der Waals surface area contributed by atoms with Crippen LogP contribution in [0.4, 0.5) is 10.1 Å². The number of terminal acetylenes is 1. The second-order valence-corrected chi connectivity index (χ2v) is 5.68. The summed E-state index contributed by atoms with van der Waals surface area (Å²) in [4.78, 5) is 9.24. The fourth-order valence-corrected chi connectivity index (χ4v) is 2.92. The summed E-state index contributed by atoms with van der Waals surface area (Å²) in [5.41, 5.74) is -0.829. The zero-order valence-electron chi connectivity index (χ0n) is 10.7. The second kappa shape index (κ2) is 6.45. The summed E-state index contributed by atoms with van der Waals surface area (Å²) in [6, 6.07) is 1.47. The number of benzene rings is 1. The van der Waals surface area contributed by atoms with Crippen LogP contribution in [0.2, 0.25) is 0 Å². The molecule has 8 heteroatoms. The van der Waals surface area contributed by atoms with Gasteiger partial charge in [0.25, 0.3) is 5.69 Å². The van der Waals surface area contributed by atoms with Gasteiger partial charge in [0, 0.05) is 0 Å². The third-order valence-electron chi connectivity index (χ3n) is 2.48. The Morgan fingerprint density at radius 3 is 2.70 bits per heavy atom. The average molecular weight is 300 g/mol. The van der Waals surface area contributed by atoms with Crippen LogP contribution < -0.4 is 4.72 Å². The Balaban J connectivity index is 3.23. The first kappa shape index (κ1) is 16.1. The highest BCUT2D eigenvalue weighted by atomic mass is 32.2. The van der Waals surface area contributed by atoms with E-state index in [1.54, 1.807) is 0 Å². The van der Waals surface area contributed by atoms with Crippen molar-refractivity contribution < 1.29 is 17.7 Å². The van der Waals surface area contributed by atoms with Gasteiger partial charge in [-0.3, -0.25) is 10.1 Å². The number of hydrogen-bond donors (Lipinski definition) is 1. The van der Waals surface area contributed by atoms with Crippen LogP contribution >= 0.6 is 0 Å². The van der Waals surface area contributed by atoms with Crippen LogP contribution in [0, 0.1) is 28.3 Å². The Kier molecular flexibility index (Phi) is 5.19. The molecule has 0 saturated heterocycles. The van der Waals surface area contributed by atoms with Gasteiger partial charge in [-0.2, -0.15) is 4.72 Å². The van der Waals surface area contributed by atoms with E-state index in [9.17, 15) is 22.9 Å². The Labute approximate surface area is 116 Å². The van der Waals surface area contributed by atoms with E-state index in [0.29, 0.717) is 18.9 Å². The van der Waals surface area contributed by atoms with Crippen molar-refractivity contribution in [2.75, 3.05) is 0 Å². The molecule has 0 fully saturated rings. The molecule has 6 nitrogen and oxygen atoms in total. The predicted octanol–water partition coefficient (Wildman–Crippen LogP) is 1.81. The molecule has 0 aliphatic carbocycles. The summed E-state index contributed by atoms with van der Waals surface area (Å²) in [5.74, 6) is 1.36. The largest absolute Gasteiger partial charge is 0.292 e. The number of sulfonamides is 1. The van der Waals surface area contributed by atoms with E-state index in [2.05, 4.69) is 10.6 Å². The summed E-state index contributed by atoms with van der Waals surface area (Å²) in [6.45, 7) is 1.82. The third-order valence-corrected chi connectivity index (χ3v) is 4.00. The van der Waals surface area contributed by atoms with Crippen molar-refractivity contribution in [2.24, 2.45) is 0 Å². The SMILES string of the molecule is C#CC(CCC)NS(=O)(=O)c1ccc(F)cc1[N+](=O)[O-]. The summed E-state index contributed by atoms with van der Waals surface area (Å²) < 4.78 is 39.3. The van der Waals surface area contributed by atoms with Crippen LogP contribution in [0.25, 0.3) is 0 Å². The lowest BCUT2D eigenvalue weighted by atomic mass is 10.2. The zero-order valence-corrected chi connectivity index (χ0v) is 11.5. The van der Waals surface area contributed by atoms with Crippen molar-refractivity contribution in [2.45, 2.75) is 30.7 Å². The molecule has 0 radical (unpaired) electrons. The van der Waals surface area contributed by atoms with Gasteiger partial charge in [0.2, 0.25) is 10.0 Å². The van der Waals surface area contributed by atoms with Gasteiger partial charge in [-0.15, -0.1) is 6.42 Å². The van der Waals surface area contributed by atoms with Gasteiger partial charge in [-0.1, -0.05) is 19.3 Å². The molecule has 1 N–H and O–H groups in total. The Bertz CT molecular complexity index is 652. The van der Waals surface area contributed by atoms with E-state index in [1.165, 1.54) is 0 Å². The van der Waals surface area contributed by atoms with E-state index < -0.39 is 37.4 Å². The van der Waals surface area contributed by atoms with Crippen molar-refractivity contribution in [1.82, 2.24) is 4.72 Å². The molecule has 1 atom stereocenters. The molecule has 108 valence electrons. The molecule has 1 rings (SSSR count). The van der Waals surface area contributed by atoms with Crippen molar-refractivity contribution in [3.8, 4) is 12.3 Å². The molecule has 1 aromatic rings. The predicted molar refractivity (Wildman–Crippen MR) is 70.9 cm³/mol. The van der Waals surface area contributed by atoms with Crippen LogP contribution in [-0.2, 0) is 10.0 Å². The van der Waals surface area contributed by atoms with Crippen LogP contribution in [0.5, 0.6) is 0 Å². The molecule has 0 bridgehead atoms. The van der Waals surface area contributed by atoms with Crippen molar-refractivity contribution in [3.63, 3.8) is 0 Å². The Morgan fingerprint density at radius 1 is 1.55 bits per heavy atom. The monoisotopic (exact) mass is 300 g/mol. The number of nitro groups is 1. The van der Waals surface area contributed by atoms with Gasteiger partial charge in [-0.05, 0) is 18.6 Å². The fraction of sp³-hybridized carbons (Fsp3) is 0.333. The minimum absolute atomic E-state index is 0.394. The molecule has 1 unspecified atom stereocenters. The van der Waals surface area contributed by atoms with E-state index in [0.717, 1.165) is 12.1 Å². The van der Waals surface area contributed by atoms with Crippen LogP contribution in [-0.4, -0.2) is 19.4 Å². The number of hydrogen-bond acceptors (Lipinski definition) is 4. The molecule has 1 aromatic carbocycles. The first-order valence-corrected chi connectivity index (χ1v) is 7.22. The maximum Gasteiger partial charge on any atom is 0.292 e. The topological polar surface area (TPSA) is 89.3 Å². The maximum atomic E-state index is 13.0.